The molecule has 0 bridgehead atoms. The number of rotatable bonds is 1. The average molecular weight is 271 g/mol. The van der Waals surface area contributed by atoms with Crippen molar-refractivity contribution in [1.29, 1.82) is 0 Å². The lowest BCUT2D eigenvalue weighted by Crippen LogP contribution is -2.25. The first-order valence-electron chi connectivity index (χ1n) is 5.96. The molecule has 0 N–H and O–H groups in total. The summed E-state index contributed by atoms with van der Waals surface area (Å²) < 4.78 is 5.25. The van der Waals surface area contributed by atoms with E-state index in [1.165, 1.54) is 0 Å². The molecule has 0 radical (unpaired) electrons. The van der Waals surface area contributed by atoms with Crippen molar-refractivity contribution in [3.8, 4) is 5.75 Å². The van der Waals surface area contributed by atoms with E-state index >= 15 is 0 Å². The Morgan fingerprint density at radius 3 is 2.58 bits per heavy atom. The molecule has 96 valence electrons. The van der Waals surface area contributed by atoms with Crippen LogP contribution in [0.15, 0.2) is 52.3 Å². The highest BCUT2D eigenvalue weighted by molar-refractivity contribution is 7.99. The third kappa shape index (κ3) is 1.98. The van der Waals surface area contributed by atoms with Gasteiger partial charge in [0.15, 0.2) is 0 Å². The molecular formula is C15H13NO2S. The molecule has 1 heterocycles. The van der Waals surface area contributed by atoms with Crippen LogP contribution < -0.4 is 9.64 Å². The number of nitrogens with zero attached hydrogens (tertiary/aromatic N) is 1. The summed E-state index contributed by atoms with van der Waals surface area (Å²) in [5.41, 5.74) is 1.86. The van der Waals surface area contributed by atoms with Crippen molar-refractivity contribution in [2.75, 3.05) is 12.0 Å². The van der Waals surface area contributed by atoms with Crippen LogP contribution in [0.2, 0.25) is 0 Å². The van der Waals surface area contributed by atoms with Gasteiger partial charge in [-0.1, -0.05) is 23.9 Å². The molecule has 0 unspecified atom stereocenters. The minimum Gasteiger partial charge on any atom is -0.497 e. The number of carbonyl (C=O) groups excluding carboxylic acids is 1. The molecule has 19 heavy (non-hydrogen) atoms. The SMILES string of the molecule is COc1ccc2c(c1)Sc1ccccc1N2C(C)=O. The molecule has 2 aromatic carbocycles. The second kappa shape index (κ2) is 4.63. The fraction of sp³-hybridized carbons (Fsp3) is 0.133. The lowest BCUT2D eigenvalue weighted by Gasteiger charge is -2.30. The van der Waals surface area contributed by atoms with Gasteiger partial charge in [0.1, 0.15) is 5.75 Å². The molecule has 1 amide bonds. The second-order valence-electron chi connectivity index (χ2n) is 4.26. The molecular weight excluding hydrogens is 258 g/mol. The number of benzene rings is 2. The first kappa shape index (κ1) is 12.1. The van der Waals surface area contributed by atoms with Crippen molar-refractivity contribution in [2.45, 2.75) is 16.7 Å². The Morgan fingerprint density at radius 2 is 1.84 bits per heavy atom. The molecule has 3 nitrogen and oxygen atoms in total. The number of fused-ring (bicyclic) bond motifs is 2. The van der Waals surface area contributed by atoms with Crippen molar-refractivity contribution in [1.82, 2.24) is 0 Å². The van der Waals surface area contributed by atoms with Crippen LogP contribution in [0.1, 0.15) is 6.92 Å². The van der Waals surface area contributed by atoms with Crippen molar-refractivity contribution >= 4 is 29.0 Å². The van der Waals surface area contributed by atoms with E-state index < -0.39 is 0 Å². The molecule has 0 aromatic heterocycles. The van der Waals surface area contributed by atoms with Crippen LogP contribution in [0.3, 0.4) is 0 Å². The summed E-state index contributed by atoms with van der Waals surface area (Å²) in [6.45, 7) is 1.58. The predicted molar refractivity (Wildman–Crippen MR) is 76.4 cm³/mol. The van der Waals surface area contributed by atoms with E-state index in [4.69, 9.17) is 4.74 Å². The van der Waals surface area contributed by atoms with E-state index in [0.717, 1.165) is 26.9 Å². The van der Waals surface area contributed by atoms with Crippen LogP contribution in [-0.4, -0.2) is 13.0 Å². The Labute approximate surface area is 116 Å². The number of hydrogen-bond acceptors (Lipinski definition) is 3. The maximum absolute atomic E-state index is 12.0. The minimum absolute atomic E-state index is 0.0131. The van der Waals surface area contributed by atoms with Gasteiger partial charge >= 0.3 is 0 Å². The number of ether oxygens (including phenoxy) is 1. The molecule has 0 fully saturated rings. The lowest BCUT2D eigenvalue weighted by molar-refractivity contribution is -0.115. The van der Waals surface area contributed by atoms with E-state index in [9.17, 15) is 4.79 Å². The number of amides is 1. The predicted octanol–water partition coefficient (Wildman–Crippen LogP) is 3.84. The molecule has 0 saturated heterocycles. The van der Waals surface area contributed by atoms with Crippen LogP contribution >= 0.6 is 11.8 Å². The zero-order chi connectivity index (χ0) is 13.4. The van der Waals surface area contributed by atoms with Crippen LogP contribution in [0.4, 0.5) is 11.4 Å². The van der Waals surface area contributed by atoms with E-state index in [1.807, 2.05) is 42.5 Å². The van der Waals surface area contributed by atoms with Gasteiger partial charge < -0.3 is 4.74 Å². The Hall–Kier alpha value is -1.94. The summed E-state index contributed by atoms with van der Waals surface area (Å²) in [4.78, 5) is 15.8. The molecule has 0 saturated carbocycles. The number of para-hydroxylation sites is 1. The van der Waals surface area contributed by atoms with E-state index in [2.05, 4.69) is 0 Å². The maximum Gasteiger partial charge on any atom is 0.228 e. The zero-order valence-corrected chi connectivity index (χ0v) is 11.5. The number of carbonyl (C=O) groups is 1. The van der Waals surface area contributed by atoms with E-state index in [-0.39, 0.29) is 5.91 Å². The third-order valence-electron chi connectivity index (χ3n) is 3.05. The summed E-state index contributed by atoms with van der Waals surface area (Å²) in [5, 5.41) is 0. The molecule has 4 heteroatoms. The maximum atomic E-state index is 12.0. The van der Waals surface area contributed by atoms with Crippen LogP contribution in [-0.2, 0) is 4.79 Å². The third-order valence-corrected chi connectivity index (χ3v) is 4.16. The molecule has 1 aliphatic heterocycles. The Morgan fingerprint density at radius 1 is 1.11 bits per heavy atom. The highest BCUT2D eigenvalue weighted by Crippen LogP contribution is 2.48. The first-order valence-corrected chi connectivity index (χ1v) is 6.78. The molecule has 2 aromatic rings. The highest BCUT2D eigenvalue weighted by atomic mass is 32.2. The molecule has 0 aliphatic carbocycles. The van der Waals surface area contributed by atoms with Gasteiger partial charge in [-0.25, -0.2) is 0 Å². The first-order chi connectivity index (χ1) is 9.20. The molecule has 1 aliphatic rings. The van der Waals surface area contributed by atoms with Gasteiger partial charge in [0.05, 0.1) is 18.5 Å². The van der Waals surface area contributed by atoms with Gasteiger partial charge in [0.2, 0.25) is 5.91 Å². The summed E-state index contributed by atoms with van der Waals surface area (Å²) in [6.07, 6.45) is 0. The van der Waals surface area contributed by atoms with Gasteiger partial charge in [-0.05, 0) is 30.3 Å². The molecule has 0 spiro atoms. The smallest absolute Gasteiger partial charge is 0.228 e. The normalized spacial score (nSPS) is 12.6. The molecule has 0 atom stereocenters. The van der Waals surface area contributed by atoms with Gasteiger partial charge in [0.25, 0.3) is 0 Å². The van der Waals surface area contributed by atoms with Crippen LogP contribution in [0.25, 0.3) is 0 Å². The summed E-state index contributed by atoms with van der Waals surface area (Å²) in [5.74, 6) is 0.813. The quantitative estimate of drug-likeness (QED) is 0.789. The standard InChI is InChI=1S/C15H13NO2S/c1-10(17)16-12-5-3-4-6-14(12)19-15-9-11(18-2)7-8-13(15)16/h3-9H,1-2H3. The fourth-order valence-corrected chi connectivity index (χ4v) is 3.29. The van der Waals surface area contributed by atoms with Gasteiger partial charge in [0, 0.05) is 16.7 Å². The highest BCUT2D eigenvalue weighted by Gasteiger charge is 2.26. The average Bonchev–Trinajstić information content (AvgIpc) is 2.43. The molecule has 3 rings (SSSR count). The monoisotopic (exact) mass is 271 g/mol. The Bertz CT molecular complexity index is 654. The van der Waals surface area contributed by atoms with Gasteiger partial charge in [-0.15, -0.1) is 0 Å². The van der Waals surface area contributed by atoms with Crippen LogP contribution in [0.5, 0.6) is 5.75 Å². The summed E-state index contributed by atoms with van der Waals surface area (Å²) in [6, 6.07) is 13.7. The van der Waals surface area contributed by atoms with Crippen molar-refractivity contribution in [3.63, 3.8) is 0 Å². The second-order valence-corrected chi connectivity index (χ2v) is 5.34. The minimum atomic E-state index is 0.0131. The summed E-state index contributed by atoms with van der Waals surface area (Å²) >= 11 is 1.66. The zero-order valence-electron chi connectivity index (χ0n) is 10.7. The van der Waals surface area contributed by atoms with Crippen LogP contribution in [0, 0.1) is 0 Å². The van der Waals surface area contributed by atoms with Crippen molar-refractivity contribution in [2.24, 2.45) is 0 Å². The Kier molecular flexibility index (Phi) is 2.95. The fourth-order valence-electron chi connectivity index (χ4n) is 2.20. The van der Waals surface area contributed by atoms with Crippen molar-refractivity contribution < 1.29 is 9.53 Å². The van der Waals surface area contributed by atoms with Gasteiger partial charge in [-0.2, -0.15) is 0 Å². The van der Waals surface area contributed by atoms with Gasteiger partial charge in [-0.3, -0.25) is 9.69 Å². The largest absolute Gasteiger partial charge is 0.497 e. The number of anilines is 2. The van der Waals surface area contributed by atoms with Crippen molar-refractivity contribution in [3.05, 3.63) is 42.5 Å². The lowest BCUT2D eigenvalue weighted by atomic mass is 10.2. The number of hydrogen-bond donors (Lipinski definition) is 0. The number of methoxy groups -OCH3 is 1. The van der Waals surface area contributed by atoms with E-state index in [1.54, 1.807) is 30.7 Å². The van der Waals surface area contributed by atoms with E-state index in [0.29, 0.717) is 0 Å². The Balaban J connectivity index is 2.19. The topological polar surface area (TPSA) is 29.5 Å². The summed E-state index contributed by atoms with van der Waals surface area (Å²) in [7, 11) is 1.64.